The SMILES string of the molecule is CCn1nc(C)c(Br)c1CCC(O)CC(C)C. The van der Waals surface area contributed by atoms with Crippen LogP contribution in [0.4, 0.5) is 0 Å². The zero-order chi connectivity index (χ0) is 13.0. The van der Waals surface area contributed by atoms with E-state index in [1.165, 1.54) is 5.69 Å². The number of hydrogen-bond donors (Lipinski definition) is 1. The van der Waals surface area contributed by atoms with Crippen molar-refractivity contribution in [3.05, 3.63) is 15.9 Å². The summed E-state index contributed by atoms with van der Waals surface area (Å²) in [6, 6.07) is 0. The Morgan fingerprint density at radius 1 is 1.41 bits per heavy atom. The normalized spacial score (nSPS) is 13.4. The first kappa shape index (κ1) is 14.7. The fraction of sp³-hybridized carbons (Fsp3) is 0.769. The third-order valence-corrected chi connectivity index (χ3v) is 3.94. The molecule has 98 valence electrons. The highest BCUT2D eigenvalue weighted by Crippen LogP contribution is 2.23. The molecule has 1 aromatic rings. The average Bonchev–Trinajstić information content (AvgIpc) is 2.51. The molecule has 1 N–H and O–H groups in total. The summed E-state index contributed by atoms with van der Waals surface area (Å²) in [4.78, 5) is 0. The van der Waals surface area contributed by atoms with E-state index >= 15 is 0 Å². The van der Waals surface area contributed by atoms with Crippen molar-refractivity contribution in [3.63, 3.8) is 0 Å². The highest BCUT2D eigenvalue weighted by atomic mass is 79.9. The van der Waals surface area contributed by atoms with Crippen LogP contribution in [0.3, 0.4) is 0 Å². The number of rotatable bonds is 6. The summed E-state index contributed by atoms with van der Waals surface area (Å²) >= 11 is 3.58. The Balaban J connectivity index is 2.62. The van der Waals surface area contributed by atoms with Gasteiger partial charge in [0.15, 0.2) is 0 Å². The van der Waals surface area contributed by atoms with Gasteiger partial charge in [-0.15, -0.1) is 0 Å². The van der Waals surface area contributed by atoms with E-state index in [1.807, 2.05) is 11.6 Å². The van der Waals surface area contributed by atoms with E-state index in [9.17, 15) is 5.11 Å². The van der Waals surface area contributed by atoms with Gasteiger partial charge in [-0.05, 0) is 55.0 Å². The van der Waals surface area contributed by atoms with Gasteiger partial charge in [-0.3, -0.25) is 4.68 Å². The Kier molecular flexibility index (Phi) is 5.67. The third-order valence-electron chi connectivity index (χ3n) is 2.91. The molecule has 3 nitrogen and oxygen atoms in total. The second-order valence-corrected chi connectivity index (χ2v) is 5.78. The summed E-state index contributed by atoms with van der Waals surface area (Å²) in [5.74, 6) is 0.547. The Hall–Kier alpha value is -0.350. The number of nitrogens with zero attached hydrogens (tertiary/aromatic N) is 2. The quantitative estimate of drug-likeness (QED) is 0.875. The van der Waals surface area contributed by atoms with Gasteiger partial charge in [0.05, 0.1) is 22.0 Å². The minimum Gasteiger partial charge on any atom is -0.393 e. The minimum absolute atomic E-state index is 0.206. The van der Waals surface area contributed by atoms with Gasteiger partial charge in [-0.2, -0.15) is 5.10 Å². The topological polar surface area (TPSA) is 38.0 Å². The predicted octanol–water partition coefficient (Wildman–Crippen LogP) is 3.31. The monoisotopic (exact) mass is 302 g/mol. The van der Waals surface area contributed by atoms with Gasteiger partial charge in [0.2, 0.25) is 0 Å². The fourth-order valence-electron chi connectivity index (χ4n) is 2.07. The zero-order valence-electron chi connectivity index (χ0n) is 11.2. The van der Waals surface area contributed by atoms with Crippen LogP contribution in [-0.2, 0) is 13.0 Å². The smallest absolute Gasteiger partial charge is 0.0738 e. The Labute approximate surface area is 112 Å². The van der Waals surface area contributed by atoms with E-state index in [1.54, 1.807) is 0 Å². The van der Waals surface area contributed by atoms with Gasteiger partial charge in [0.1, 0.15) is 0 Å². The van der Waals surface area contributed by atoms with Gasteiger partial charge < -0.3 is 5.11 Å². The van der Waals surface area contributed by atoms with Crippen LogP contribution < -0.4 is 0 Å². The molecule has 17 heavy (non-hydrogen) atoms. The molecular weight excluding hydrogens is 280 g/mol. The standard InChI is InChI=1S/C13H23BrN2O/c1-5-16-12(13(14)10(4)15-16)7-6-11(17)8-9(2)3/h9,11,17H,5-8H2,1-4H3. The Morgan fingerprint density at radius 2 is 2.06 bits per heavy atom. The molecule has 0 saturated heterocycles. The van der Waals surface area contributed by atoms with Crippen molar-refractivity contribution < 1.29 is 5.11 Å². The molecule has 0 bridgehead atoms. The molecule has 1 atom stereocenters. The third kappa shape index (κ3) is 4.11. The van der Waals surface area contributed by atoms with Gasteiger partial charge in [0.25, 0.3) is 0 Å². The number of aliphatic hydroxyl groups is 1. The Morgan fingerprint density at radius 3 is 2.59 bits per heavy atom. The van der Waals surface area contributed by atoms with Crippen LogP contribution in [-0.4, -0.2) is 21.0 Å². The molecule has 1 unspecified atom stereocenters. The lowest BCUT2D eigenvalue weighted by atomic mass is 10.0. The molecule has 1 heterocycles. The summed E-state index contributed by atoms with van der Waals surface area (Å²) in [6.45, 7) is 9.25. The van der Waals surface area contributed by atoms with Gasteiger partial charge in [-0.1, -0.05) is 13.8 Å². The maximum Gasteiger partial charge on any atom is 0.0738 e. The van der Waals surface area contributed by atoms with Crippen molar-refractivity contribution in [3.8, 4) is 0 Å². The molecule has 0 saturated carbocycles. The first-order chi connectivity index (χ1) is 7.95. The van der Waals surface area contributed by atoms with Crippen molar-refractivity contribution in [2.45, 2.75) is 59.6 Å². The van der Waals surface area contributed by atoms with E-state index in [4.69, 9.17) is 0 Å². The van der Waals surface area contributed by atoms with Crippen molar-refractivity contribution >= 4 is 15.9 Å². The fourth-order valence-corrected chi connectivity index (χ4v) is 2.56. The van der Waals surface area contributed by atoms with Crippen LogP contribution in [0, 0.1) is 12.8 Å². The molecule has 0 radical (unpaired) electrons. The number of aromatic nitrogens is 2. The Bertz CT molecular complexity index is 361. The number of halogens is 1. The zero-order valence-corrected chi connectivity index (χ0v) is 12.8. The second kappa shape index (κ2) is 6.55. The molecule has 0 amide bonds. The molecule has 0 fully saturated rings. The predicted molar refractivity (Wildman–Crippen MR) is 74.1 cm³/mol. The average molecular weight is 303 g/mol. The van der Waals surface area contributed by atoms with E-state index in [0.717, 1.165) is 36.0 Å². The van der Waals surface area contributed by atoms with Crippen LogP contribution in [0.25, 0.3) is 0 Å². The lowest BCUT2D eigenvalue weighted by molar-refractivity contribution is 0.139. The van der Waals surface area contributed by atoms with Crippen LogP contribution in [0.1, 0.15) is 45.0 Å². The molecule has 0 aromatic carbocycles. The van der Waals surface area contributed by atoms with E-state index in [2.05, 4.69) is 41.8 Å². The molecule has 0 spiro atoms. The first-order valence-corrected chi connectivity index (χ1v) is 7.14. The van der Waals surface area contributed by atoms with Gasteiger partial charge >= 0.3 is 0 Å². The van der Waals surface area contributed by atoms with Crippen molar-refractivity contribution in [2.24, 2.45) is 5.92 Å². The summed E-state index contributed by atoms with van der Waals surface area (Å²) in [6.07, 6.45) is 2.35. The molecule has 0 aliphatic heterocycles. The molecule has 1 rings (SSSR count). The van der Waals surface area contributed by atoms with Crippen molar-refractivity contribution in [1.29, 1.82) is 0 Å². The van der Waals surface area contributed by atoms with Crippen LogP contribution in [0.15, 0.2) is 4.47 Å². The highest BCUT2D eigenvalue weighted by Gasteiger charge is 2.14. The highest BCUT2D eigenvalue weighted by molar-refractivity contribution is 9.10. The van der Waals surface area contributed by atoms with Crippen LogP contribution in [0.2, 0.25) is 0 Å². The largest absolute Gasteiger partial charge is 0.393 e. The summed E-state index contributed by atoms with van der Waals surface area (Å²) in [5.41, 5.74) is 2.23. The number of aryl methyl sites for hydroxylation is 2. The van der Waals surface area contributed by atoms with E-state index in [-0.39, 0.29) is 6.10 Å². The maximum atomic E-state index is 9.90. The number of aliphatic hydroxyl groups excluding tert-OH is 1. The van der Waals surface area contributed by atoms with Gasteiger partial charge in [-0.25, -0.2) is 0 Å². The van der Waals surface area contributed by atoms with Crippen molar-refractivity contribution in [2.75, 3.05) is 0 Å². The molecular formula is C13H23BrN2O. The van der Waals surface area contributed by atoms with Crippen LogP contribution >= 0.6 is 15.9 Å². The maximum absolute atomic E-state index is 9.90. The molecule has 0 aliphatic rings. The van der Waals surface area contributed by atoms with E-state index in [0.29, 0.717) is 5.92 Å². The van der Waals surface area contributed by atoms with Gasteiger partial charge in [0, 0.05) is 6.54 Å². The summed E-state index contributed by atoms with van der Waals surface area (Å²) in [7, 11) is 0. The molecule has 4 heteroatoms. The number of hydrogen-bond acceptors (Lipinski definition) is 2. The summed E-state index contributed by atoms with van der Waals surface area (Å²) < 4.78 is 3.11. The first-order valence-electron chi connectivity index (χ1n) is 6.35. The summed E-state index contributed by atoms with van der Waals surface area (Å²) in [5, 5.41) is 14.4. The second-order valence-electron chi connectivity index (χ2n) is 4.98. The molecule has 1 aromatic heterocycles. The van der Waals surface area contributed by atoms with E-state index < -0.39 is 0 Å². The lowest BCUT2D eigenvalue weighted by Gasteiger charge is -2.13. The lowest BCUT2D eigenvalue weighted by Crippen LogP contribution is -2.13. The molecule has 0 aliphatic carbocycles. The van der Waals surface area contributed by atoms with Crippen molar-refractivity contribution in [1.82, 2.24) is 9.78 Å². The van der Waals surface area contributed by atoms with Crippen LogP contribution in [0.5, 0.6) is 0 Å². The minimum atomic E-state index is -0.206.